The Kier molecular flexibility index (Phi) is 8.64. The first-order valence-corrected chi connectivity index (χ1v) is 15.2. The first-order chi connectivity index (χ1) is 19.4. The van der Waals surface area contributed by atoms with Crippen molar-refractivity contribution in [3.05, 3.63) is 88.3 Å². The molecule has 42 heavy (non-hydrogen) atoms. The summed E-state index contributed by atoms with van der Waals surface area (Å²) in [7, 11) is -2.64. The average molecular weight is 627 g/mol. The van der Waals surface area contributed by atoms with Gasteiger partial charge in [-0.1, -0.05) is 27.4 Å². The molecule has 3 aromatic rings. The summed E-state index contributed by atoms with van der Waals surface area (Å²) in [6.07, 6.45) is -1.47. The summed E-state index contributed by atoms with van der Waals surface area (Å²) in [5.41, 5.74) is -4.07. The SMILES string of the molecule is CC(F)(F)Oc1ccc(C(=O)N2CCC(C(C)(C)S(=O)(=O)c3cccc(C(F)(F)P)c3)CC2)c(-n2ccccc2=O)c1. The normalized spacial score (nSPS) is 15.5. The minimum absolute atomic E-state index is 0.0585. The molecule has 4 rings (SSSR count). The molecule has 226 valence electrons. The molecule has 13 heteroatoms. The van der Waals surface area contributed by atoms with Crippen LogP contribution >= 0.6 is 9.24 Å². The maximum atomic E-state index is 13.9. The molecule has 0 bridgehead atoms. The van der Waals surface area contributed by atoms with Crippen LogP contribution in [0.2, 0.25) is 0 Å². The fraction of sp³-hybridized carbons (Fsp3) is 0.379. The molecule has 1 aromatic heterocycles. The van der Waals surface area contributed by atoms with Gasteiger partial charge in [-0.3, -0.25) is 14.2 Å². The molecule has 1 aliphatic heterocycles. The zero-order valence-electron chi connectivity index (χ0n) is 23.2. The van der Waals surface area contributed by atoms with E-state index in [1.807, 2.05) is 0 Å². The van der Waals surface area contributed by atoms with E-state index in [4.69, 9.17) is 0 Å². The standard InChI is InChI=1S/C29H31F4N2O5PS/c1-27(2,42(38,39)22-8-6-7-20(17-22)29(32,33)41)19-12-15-34(16-13-19)26(37)23-11-10-21(40-28(3,30)31)18-24(23)35-14-5-4-9-25(35)36/h4-11,14,17-19H,12-13,15-16,41H2,1-3H3. The van der Waals surface area contributed by atoms with Crippen LogP contribution in [0.4, 0.5) is 17.6 Å². The van der Waals surface area contributed by atoms with Gasteiger partial charge in [-0.05, 0) is 62.9 Å². The number of nitrogens with zero attached hydrogens (tertiary/aromatic N) is 2. The summed E-state index contributed by atoms with van der Waals surface area (Å²) in [6.45, 7) is 4.04. The monoisotopic (exact) mass is 626 g/mol. The minimum Gasteiger partial charge on any atom is -0.433 e. The second-order valence-electron chi connectivity index (χ2n) is 10.8. The van der Waals surface area contributed by atoms with E-state index in [2.05, 4.69) is 4.74 Å². The van der Waals surface area contributed by atoms with Gasteiger partial charge in [0, 0.05) is 43.9 Å². The number of benzene rings is 2. The molecule has 1 aliphatic rings. The van der Waals surface area contributed by atoms with Crippen LogP contribution in [-0.2, 0) is 15.5 Å². The van der Waals surface area contributed by atoms with Crippen LogP contribution in [0, 0.1) is 5.92 Å². The average Bonchev–Trinajstić information content (AvgIpc) is 2.91. The Bertz CT molecular complexity index is 1640. The lowest BCUT2D eigenvalue weighted by Crippen LogP contribution is -2.47. The van der Waals surface area contributed by atoms with Gasteiger partial charge in [0.25, 0.3) is 17.1 Å². The number of amides is 1. The van der Waals surface area contributed by atoms with E-state index in [1.165, 1.54) is 62.8 Å². The summed E-state index contributed by atoms with van der Waals surface area (Å²) >= 11 is 0. The Morgan fingerprint density at radius 3 is 2.21 bits per heavy atom. The number of pyridine rings is 1. The van der Waals surface area contributed by atoms with Crippen molar-refractivity contribution in [2.75, 3.05) is 13.1 Å². The molecule has 2 heterocycles. The maximum absolute atomic E-state index is 13.9. The molecule has 1 amide bonds. The Morgan fingerprint density at radius 1 is 0.952 bits per heavy atom. The molecule has 7 nitrogen and oxygen atoms in total. The Balaban J connectivity index is 1.58. The predicted molar refractivity (Wildman–Crippen MR) is 153 cm³/mol. The zero-order chi connectivity index (χ0) is 31.1. The highest BCUT2D eigenvalue weighted by Crippen LogP contribution is 2.41. The van der Waals surface area contributed by atoms with Crippen LogP contribution in [0.1, 0.15) is 49.5 Å². The predicted octanol–water partition coefficient (Wildman–Crippen LogP) is 5.86. The highest BCUT2D eigenvalue weighted by Gasteiger charge is 2.45. The number of rotatable bonds is 8. The Labute approximate surface area is 243 Å². The van der Waals surface area contributed by atoms with Crippen molar-refractivity contribution >= 4 is 25.0 Å². The van der Waals surface area contributed by atoms with Crippen molar-refractivity contribution in [1.82, 2.24) is 9.47 Å². The molecule has 0 saturated carbocycles. The lowest BCUT2D eigenvalue weighted by molar-refractivity contribution is -0.158. The molecule has 1 unspecified atom stereocenters. The van der Waals surface area contributed by atoms with Crippen molar-refractivity contribution < 1.29 is 35.5 Å². The molecule has 0 N–H and O–H groups in total. The fourth-order valence-corrected chi connectivity index (χ4v) is 7.13. The van der Waals surface area contributed by atoms with E-state index >= 15 is 0 Å². The molecule has 1 saturated heterocycles. The van der Waals surface area contributed by atoms with Crippen molar-refractivity contribution in [2.45, 2.75) is 55.0 Å². The van der Waals surface area contributed by atoms with Gasteiger partial charge in [-0.15, -0.1) is 0 Å². The molecule has 0 radical (unpaired) electrons. The van der Waals surface area contributed by atoms with E-state index in [-0.39, 0.29) is 35.0 Å². The van der Waals surface area contributed by atoms with E-state index in [0.717, 1.165) is 16.7 Å². The zero-order valence-corrected chi connectivity index (χ0v) is 25.2. The number of halogens is 4. The van der Waals surface area contributed by atoms with Crippen molar-refractivity contribution in [1.29, 1.82) is 0 Å². The molecule has 0 spiro atoms. The van der Waals surface area contributed by atoms with Crippen molar-refractivity contribution in [3.63, 3.8) is 0 Å². The van der Waals surface area contributed by atoms with E-state index in [9.17, 15) is 35.6 Å². The number of piperidine rings is 1. The molecule has 1 fully saturated rings. The first-order valence-electron chi connectivity index (χ1n) is 13.1. The maximum Gasteiger partial charge on any atom is 0.394 e. The number of sulfone groups is 1. The quantitative estimate of drug-likeness (QED) is 0.231. The number of alkyl halides is 4. The van der Waals surface area contributed by atoms with Gasteiger partial charge in [-0.2, -0.15) is 17.6 Å². The van der Waals surface area contributed by atoms with E-state index in [0.29, 0.717) is 19.8 Å². The Hall–Kier alpha value is -3.24. The van der Waals surface area contributed by atoms with Gasteiger partial charge in [0.1, 0.15) is 5.75 Å². The highest BCUT2D eigenvalue weighted by molar-refractivity contribution is 7.92. The number of aromatic nitrogens is 1. The third-order valence-corrected chi connectivity index (χ3v) is 10.5. The number of likely N-dealkylation sites (tertiary alicyclic amines) is 1. The minimum atomic E-state index is -4.04. The number of hydrogen-bond acceptors (Lipinski definition) is 5. The van der Waals surface area contributed by atoms with E-state index < -0.39 is 49.3 Å². The smallest absolute Gasteiger partial charge is 0.394 e. The van der Waals surface area contributed by atoms with Crippen LogP contribution < -0.4 is 10.3 Å². The number of ether oxygens (including phenoxy) is 1. The van der Waals surface area contributed by atoms with Crippen LogP contribution in [0.15, 0.2) is 76.6 Å². The number of carbonyl (C=O) groups is 1. The summed E-state index contributed by atoms with van der Waals surface area (Å²) in [6, 6.07) is 12.8. The molecule has 2 aromatic carbocycles. The van der Waals surface area contributed by atoms with Crippen LogP contribution in [0.3, 0.4) is 0 Å². The van der Waals surface area contributed by atoms with Crippen molar-refractivity contribution in [2.24, 2.45) is 5.92 Å². The molecule has 1 atom stereocenters. The molecular weight excluding hydrogens is 595 g/mol. The second-order valence-corrected chi connectivity index (χ2v) is 14.1. The molecule has 0 aliphatic carbocycles. The van der Waals surface area contributed by atoms with Gasteiger partial charge in [0.05, 0.1) is 20.9 Å². The molecular formula is C29H31F4N2O5PS. The first kappa shape index (κ1) is 31.7. The third-order valence-electron chi connectivity index (χ3n) is 7.57. The lowest BCUT2D eigenvalue weighted by atomic mass is 9.85. The highest BCUT2D eigenvalue weighted by atomic mass is 32.2. The van der Waals surface area contributed by atoms with Crippen molar-refractivity contribution in [3.8, 4) is 11.4 Å². The van der Waals surface area contributed by atoms with Gasteiger partial charge in [0.2, 0.25) is 0 Å². The Morgan fingerprint density at radius 2 is 1.62 bits per heavy atom. The number of hydrogen-bond donors (Lipinski definition) is 0. The summed E-state index contributed by atoms with van der Waals surface area (Å²) in [5, 5.41) is 0. The van der Waals surface area contributed by atoms with E-state index in [1.54, 1.807) is 19.9 Å². The summed E-state index contributed by atoms with van der Waals surface area (Å²) < 4.78 is 86.5. The second kappa shape index (κ2) is 11.4. The van der Waals surface area contributed by atoms with Gasteiger partial charge >= 0.3 is 6.11 Å². The summed E-state index contributed by atoms with van der Waals surface area (Å²) in [5.74, 6) is -1.10. The van der Waals surface area contributed by atoms with Gasteiger partial charge in [-0.25, -0.2) is 8.42 Å². The van der Waals surface area contributed by atoms with Gasteiger partial charge in [0.15, 0.2) is 9.84 Å². The fourth-order valence-electron chi connectivity index (χ4n) is 5.13. The van der Waals surface area contributed by atoms with Gasteiger partial charge < -0.3 is 9.64 Å². The topological polar surface area (TPSA) is 85.7 Å². The summed E-state index contributed by atoms with van der Waals surface area (Å²) in [4.78, 5) is 27.5. The lowest BCUT2D eigenvalue weighted by Gasteiger charge is -2.40. The van der Waals surface area contributed by atoms with Crippen LogP contribution in [-0.4, -0.2) is 47.7 Å². The number of carbonyl (C=O) groups excluding carboxylic acids is 1. The van der Waals surface area contributed by atoms with Crippen LogP contribution in [0.5, 0.6) is 5.75 Å². The largest absolute Gasteiger partial charge is 0.433 e. The third kappa shape index (κ3) is 6.54. The van der Waals surface area contributed by atoms with Crippen LogP contribution in [0.25, 0.3) is 5.69 Å².